The third kappa shape index (κ3) is 7.74. The van der Waals surface area contributed by atoms with Crippen LogP contribution in [0.4, 0.5) is 0 Å². The molecule has 26 heavy (non-hydrogen) atoms. The van der Waals surface area contributed by atoms with Gasteiger partial charge in [0.25, 0.3) is 0 Å². The first-order chi connectivity index (χ1) is 12.1. The van der Waals surface area contributed by atoms with E-state index in [-0.39, 0.29) is 23.3 Å². The van der Waals surface area contributed by atoms with E-state index in [0.717, 1.165) is 31.6 Å². The standard InChI is InChI=1S/C19H37N5O2/c1-15(13-20-5)22-17(19(2,3)4)18(26)21-9-12-23(6)14-16(25)24-10-7-8-11-24/h17,20,22H,1,7-14H2,2-6H3,(H,21,26). The van der Waals surface area contributed by atoms with E-state index in [1.807, 2.05) is 44.7 Å². The molecule has 1 unspecified atom stereocenters. The van der Waals surface area contributed by atoms with Gasteiger partial charge in [0.05, 0.1) is 6.54 Å². The van der Waals surface area contributed by atoms with Crippen LogP contribution in [0.15, 0.2) is 12.3 Å². The Bertz CT molecular complexity index is 481. The van der Waals surface area contributed by atoms with Crippen LogP contribution in [0.5, 0.6) is 0 Å². The largest absolute Gasteiger partial charge is 0.376 e. The molecule has 0 bridgehead atoms. The van der Waals surface area contributed by atoms with Crippen molar-refractivity contribution in [3.05, 3.63) is 12.3 Å². The zero-order valence-electron chi connectivity index (χ0n) is 17.2. The highest BCUT2D eigenvalue weighted by atomic mass is 16.2. The van der Waals surface area contributed by atoms with Crippen LogP contribution < -0.4 is 16.0 Å². The van der Waals surface area contributed by atoms with Crippen LogP contribution in [-0.2, 0) is 9.59 Å². The SMILES string of the molecule is C=C(CNC)NC(C(=O)NCCN(C)CC(=O)N1CCCC1)C(C)(C)C. The molecule has 1 aliphatic rings. The van der Waals surface area contributed by atoms with Crippen molar-refractivity contribution < 1.29 is 9.59 Å². The molecule has 1 fully saturated rings. The van der Waals surface area contributed by atoms with Gasteiger partial charge in [0.15, 0.2) is 0 Å². The van der Waals surface area contributed by atoms with E-state index in [9.17, 15) is 9.59 Å². The molecule has 7 heteroatoms. The number of rotatable bonds is 10. The fraction of sp³-hybridized carbons (Fsp3) is 0.789. The number of nitrogens with zero attached hydrogens (tertiary/aromatic N) is 2. The summed E-state index contributed by atoms with van der Waals surface area (Å²) in [5.41, 5.74) is 0.550. The van der Waals surface area contributed by atoms with Crippen molar-refractivity contribution in [3.63, 3.8) is 0 Å². The molecule has 0 spiro atoms. The van der Waals surface area contributed by atoms with Gasteiger partial charge in [0, 0.05) is 38.4 Å². The fourth-order valence-electron chi connectivity index (χ4n) is 2.99. The summed E-state index contributed by atoms with van der Waals surface area (Å²) in [6.07, 6.45) is 2.21. The third-order valence-corrected chi connectivity index (χ3v) is 4.52. The van der Waals surface area contributed by atoms with Crippen molar-refractivity contribution in [1.82, 2.24) is 25.8 Å². The second-order valence-corrected chi connectivity index (χ2v) is 8.19. The molecule has 0 radical (unpaired) electrons. The van der Waals surface area contributed by atoms with Gasteiger partial charge in [-0.15, -0.1) is 0 Å². The van der Waals surface area contributed by atoms with Crippen molar-refractivity contribution in [3.8, 4) is 0 Å². The first-order valence-corrected chi connectivity index (χ1v) is 9.48. The zero-order valence-corrected chi connectivity index (χ0v) is 17.2. The molecule has 1 rings (SSSR count). The van der Waals surface area contributed by atoms with Crippen molar-refractivity contribution in [1.29, 1.82) is 0 Å². The summed E-state index contributed by atoms with van der Waals surface area (Å²) in [7, 11) is 3.76. The normalized spacial score (nSPS) is 15.8. The lowest BCUT2D eigenvalue weighted by molar-refractivity contribution is -0.131. The van der Waals surface area contributed by atoms with Gasteiger partial charge in [-0.2, -0.15) is 0 Å². The molecule has 2 amide bonds. The number of likely N-dealkylation sites (N-methyl/N-ethyl adjacent to an activating group) is 2. The van der Waals surface area contributed by atoms with E-state index in [1.54, 1.807) is 0 Å². The second-order valence-electron chi connectivity index (χ2n) is 8.19. The van der Waals surface area contributed by atoms with Crippen molar-refractivity contribution in [2.24, 2.45) is 5.41 Å². The Labute approximate surface area is 158 Å². The molecule has 7 nitrogen and oxygen atoms in total. The Balaban J connectivity index is 2.41. The van der Waals surface area contributed by atoms with Gasteiger partial charge in [-0.3, -0.25) is 14.5 Å². The lowest BCUT2D eigenvalue weighted by Gasteiger charge is -2.32. The maximum atomic E-state index is 12.6. The predicted molar refractivity (Wildman–Crippen MR) is 106 cm³/mol. The van der Waals surface area contributed by atoms with E-state index < -0.39 is 0 Å². The lowest BCUT2D eigenvalue weighted by atomic mass is 9.86. The molecule has 150 valence electrons. The van der Waals surface area contributed by atoms with Gasteiger partial charge in [-0.25, -0.2) is 0 Å². The van der Waals surface area contributed by atoms with Gasteiger partial charge in [-0.05, 0) is 32.4 Å². The van der Waals surface area contributed by atoms with Crippen LogP contribution in [0.25, 0.3) is 0 Å². The summed E-state index contributed by atoms with van der Waals surface area (Å²) in [6, 6.07) is -0.361. The Morgan fingerprint density at radius 2 is 1.85 bits per heavy atom. The minimum atomic E-state index is -0.361. The van der Waals surface area contributed by atoms with Crippen molar-refractivity contribution >= 4 is 11.8 Å². The summed E-state index contributed by atoms with van der Waals surface area (Å²) in [6.45, 7) is 13.9. The maximum absolute atomic E-state index is 12.6. The minimum absolute atomic E-state index is 0.0472. The molecular weight excluding hydrogens is 330 g/mol. The van der Waals surface area contributed by atoms with E-state index in [2.05, 4.69) is 22.5 Å². The van der Waals surface area contributed by atoms with Crippen LogP contribution in [0, 0.1) is 5.41 Å². The Hall–Kier alpha value is -1.60. The summed E-state index contributed by atoms with van der Waals surface area (Å²) < 4.78 is 0. The Morgan fingerprint density at radius 3 is 2.38 bits per heavy atom. The summed E-state index contributed by atoms with van der Waals surface area (Å²) in [5.74, 6) is 0.128. The summed E-state index contributed by atoms with van der Waals surface area (Å²) in [5, 5.41) is 9.23. The monoisotopic (exact) mass is 367 g/mol. The van der Waals surface area contributed by atoms with Crippen LogP contribution in [0.1, 0.15) is 33.6 Å². The van der Waals surface area contributed by atoms with Gasteiger partial charge in [-0.1, -0.05) is 27.4 Å². The van der Waals surface area contributed by atoms with Crippen molar-refractivity contribution in [2.75, 3.05) is 53.4 Å². The van der Waals surface area contributed by atoms with Gasteiger partial charge < -0.3 is 20.9 Å². The number of hydrogen-bond donors (Lipinski definition) is 3. The minimum Gasteiger partial charge on any atom is -0.376 e. The lowest BCUT2D eigenvalue weighted by Crippen LogP contribution is -2.53. The predicted octanol–water partition coefficient (Wildman–Crippen LogP) is 0.394. The van der Waals surface area contributed by atoms with E-state index in [1.165, 1.54) is 0 Å². The maximum Gasteiger partial charge on any atom is 0.243 e. The van der Waals surface area contributed by atoms with Gasteiger partial charge in [0.2, 0.25) is 11.8 Å². The van der Waals surface area contributed by atoms with Gasteiger partial charge >= 0.3 is 0 Å². The first kappa shape index (κ1) is 22.4. The third-order valence-electron chi connectivity index (χ3n) is 4.52. The zero-order chi connectivity index (χ0) is 19.7. The average Bonchev–Trinajstić information content (AvgIpc) is 3.06. The highest BCUT2D eigenvalue weighted by molar-refractivity contribution is 5.83. The molecule has 0 aromatic rings. The number of hydrogen-bond acceptors (Lipinski definition) is 5. The van der Waals surface area contributed by atoms with Crippen LogP contribution in [0.3, 0.4) is 0 Å². The molecular formula is C19H37N5O2. The highest BCUT2D eigenvalue weighted by Gasteiger charge is 2.31. The Kier molecular flexibility index (Phi) is 9.08. The molecule has 1 atom stereocenters. The first-order valence-electron chi connectivity index (χ1n) is 9.48. The van der Waals surface area contributed by atoms with Crippen LogP contribution in [0.2, 0.25) is 0 Å². The van der Waals surface area contributed by atoms with Crippen molar-refractivity contribution in [2.45, 2.75) is 39.7 Å². The van der Waals surface area contributed by atoms with Crippen LogP contribution >= 0.6 is 0 Å². The van der Waals surface area contributed by atoms with E-state index >= 15 is 0 Å². The molecule has 0 aromatic carbocycles. The summed E-state index contributed by atoms with van der Waals surface area (Å²) in [4.78, 5) is 28.6. The molecule has 0 aromatic heterocycles. The molecule has 0 saturated carbocycles. The summed E-state index contributed by atoms with van der Waals surface area (Å²) >= 11 is 0. The molecule has 1 aliphatic heterocycles. The molecule has 1 saturated heterocycles. The second kappa shape index (κ2) is 10.5. The van der Waals surface area contributed by atoms with E-state index in [4.69, 9.17) is 0 Å². The number of carbonyl (C=O) groups excluding carboxylic acids is 2. The number of amides is 2. The fourth-order valence-corrected chi connectivity index (χ4v) is 2.99. The number of nitrogens with one attached hydrogen (secondary N) is 3. The van der Waals surface area contributed by atoms with E-state index in [0.29, 0.717) is 26.2 Å². The highest BCUT2D eigenvalue weighted by Crippen LogP contribution is 2.20. The van der Waals surface area contributed by atoms with Gasteiger partial charge in [0.1, 0.15) is 6.04 Å². The topological polar surface area (TPSA) is 76.7 Å². The number of carbonyl (C=O) groups is 2. The quantitative estimate of drug-likeness (QED) is 0.521. The molecule has 1 heterocycles. The Morgan fingerprint density at radius 1 is 1.23 bits per heavy atom. The van der Waals surface area contributed by atoms with Crippen LogP contribution in [-0.4, -0.2) is 81.0 Å². The average molecular weight is 368 g/mol. The number of likely N-dealkylation sites (tertiary alicyclic amines) is 1. The molecule has 3 N–H and O–H groups in total. The smallest absolute Gasteiger partial charge is 0.243 e. The molecule has 0 aliphatic carbocycles.